The lowest BCUT2D eigenvalue weighted by molar-refractivity contribution is -0.121. The van der Waals surface area contributed by atoms with Gasteiger partial charge < -0.3 is 15.2 Å². The number of piperazine rings is 1. The zero-order valence-corrected chi connectivity index (χ0v) is 20.2. The molecule has 3 heterocycles. The molecule has 8 heteroatoms. The third-order valence-corrected chi connectivity index (χ3v) is 6.75. The standard InChI is InChI=1S/C27H32N6O2/c1-20-8-9-24-22(16-20)23-17-29-33(27(35)26(23)30-24)19-25(34)28-10-5-11-31-12-14-32(15-13-31)18-21-6-3-2-4-7-21/h2-4,6-9,16-17,30H,5,10-15,18-19H2,1H3,(H,28,34). The van der Waals surface area contributed by atoms with E-state index in [9.17, 15) is 9.59 Å². The summed E-state index contributed by atoms with van der Waals surface area (Å²) >= 11 is 0. The second-order valence-electron chi connectivity index (χ2n) is 9.38. The Labute approximate surface area is 204 Å². The highest BCUT2D eigenvalue weighted by Gasteiger charge is 2.17. The molecule has 0 aliphatic carbocycles. The lowest BCUT2D eigenvalue weighted by Crippen LogP contribution is -2.46. The Bertz CT molecular complexity index is 1370. The number of carbonyl (C=O) groups excluding carboxylic acids is 1. The lowest BCUT2D eigenvalue weighted by atomic mass is 10.1. The van der Waals surface area contributed by atoms with E-state index < -0.39 is 0 Å². The number of carbonyl (C=O) groups is 1. The molecule has 5 rings (SSSR count). The Morgan fingerprint density at radius 2 is 1.80 bits per heavy atom. The van der Waals surface area contributed by atoms with Gasteiger partial charge in [0.15, 0.2) is 0 Å². The van der Waals surface area contributed by atoms with Crippen LogP contribution in [0.1, 0.15) is 17.5 Å². The first-order valence-corrected chi connectivity index (χ1v) is 12.3. The van der Waals surface area contributed by atoms with Crippen molar-refractivity contribution in [2.75, 3.05) is 39.3 Å². The number of rotatable bonds is 8. The van der Waals surface area contributed by atoms with Gasteiger partial charge in [-0.05, 0) is 37.6 Å². The number of amides is 1. The highest BCUT2D eigenvalue weighted by atomic mass is 16.2. The minimum Gasteiger partial charge on any atom is -0.354 e. The summed E-state index contributed by atoms with van der Waals surface area (Å²) < 4.78 is 1.23. The van der Waals surface area contributed by atoms with Gasteiger partial charge in [-0.25, -0.2) is 4.68 Å². The minimum absolute atomic E-state index is 0.0820. The van der Waals surface area contributed by atoms with Gasteiger partial charge in [0.05, 0.1) is 6.20 Å². The number of hydrogen-bond donors (Lipinski definition) is 2. The lowest BCUT2D eigenvalue weighted by Gasteiger charge is -2.34. The molecule has 35 heavy (non-hydrogen) atoms. The number of nitrogens with one attached hydrogen (secondary N) is 2. The third-order valence-electron chi connectivity index (χ3n) is 6.75. The molecule has 0 saturated carbocycles. The summed E-state index contributed by atoms with van der Waals surface area (Å²) in [6.07, 6.45) is 2.55. The van der Waals surface area contributed by atoms with Crippen LogP contribution in [-0.4, -0.2) is 69.7 Å². The maximum Gasteiger partial charge on any atom is 0.291 e. The van der Waals surface area contributed by atoms with E-state index in [2.05, 4.69) is 55.5 Å². The molecular formula is C27H32N6O2. The van der Waals surface area contributed by atoms with Crippen LogP contribution in [0.5, 0.6) is 0 Å². The Balaban J connectivity index is 1.07. The van der Waals surface area contributed by atoms with Gasteiger partial charge in [0.1, 0.15) is 12.1 Å². The van der Waals surface area contributed by atoms with Crippen LogP contribution in [0, 0.1) is 6.92 Å². The topological polar surface area (TPSA) is 86.3 Å². The molecule has 0 radical (unpaired) electrons. The first-order valence-electron chi connectivity index (χ1n) is 12.3. The van der Waals surface area contributed by atoms with Gasteiger partial charge >= 0.3 is 0 Å². The summed E-state index contributed by atoms with van der Waals surface area (Å²) in [5.41, 5.74) is 3.58. The molecule has 2 aromatic heterocycles. The zero-order chi connectivity index (χ0) is 24.2. The Kier molecular flexibility index (Phi) is 6.92. The third kappa shape index (κ3) is 5.44. The summed E-state index contributed by atoms with van der Waals surface area (Å²) in [5, 5.41) is 8.94. The van der Waals surface area contributed by atoms with Crippen molar-refractivity contribution >= 4 is 27.7 Å². The van der Waals surface area contributed by atoms with Crippen LogP contribution in [0.3, 0.4) is 0 Å². The van der Waals surface area contributed by atoms with E-state index in [-0.39, 0.29) is 18.0 Å². The minimum atomic E-state index is -0.278. The van der Waals surface area contributed by atoms with Crippen molar-refractivity contribution in [2.24, 2.45) is 0 Å². The average molecular weight is 473 g/mol. The quantitative estimate of drug-likeness (QED) is 0.385. The normalized spacial score (nSPS) is 15.1. The number of aryl methyl sites for hydroxylation is 1. The monoisotopic (exact) mass is 472 g/mol. The largest absolute Gasteiger partial charge is 0.354 e. The van der Waals surface area contributed by atoms with Gasteiger partial charge in [-0.1, -0.05) is 42.0 Å². The van der Waals surface area contributed by atoms with Gasteiger partial charge in [0.25, 0.3) is 5.56 Å². The van der Waals surface area contributed by atoms with E-state index in [1.54, 1.807) is 6.20 Å². The second kappa shape index (κ2) is 10.4. The maximum atomic E-state index is 12.9. The number of benzene rings is 2. The number of hydrogen-bond acceptors (Lipinski definition) is 5. The fourth-order valence-corrected chi connectivity index (χ4v) is 4.79. The van der Waals surface area contributed by atoms with Crippen LogP contribution in [0.25, 0.3) is 21.8 Å². The molecule has 0 unspecified atom stereocenters. The summed E-state index contributed by atoms with van der Waals surface area (Å²) in [6, 6.07) is 16.6. The van der Waals surface area contributed by atoms with E-state index in [0.717, 1.165) is 67.5 Å². The van der Waals surface area contributed by atoms with Crippen LogP contribution in [0.2, 0.25) is 0 Å². The SMILES string of the molecule is Cc1ccc2[nH]c3c(=O)n(CC(=O)NCCCN4CCN(Cc5ccccc5)CC4)ncc3c2c1. The van der Waals surface area contributed by atoms with E-state index in [4.69, 9.17) is 0 Å². The van der Waals surface area contributed by atoms with E-state index in [0.29, 0.717) is 12.1 Å². The van der Waals surface area contributed by atoms with Crippen LogP contribution in [0.4, 0.5) is 0 Å². The van der Waals surface area contributed by atoms with Gasteiger partial charge in [-0.2, -0.15) is 5.10 Å². The first-order chi connectivity index (χ1) is 17.1. The van der Waals surface area contributed by atoms with Gasteiger partial charge in [-0.3, -0.25) is 14.5 Å². The van der Waals surface area contributed by atoms with Crippen molar-refractivity contribution in [1.82, 2.24) is 29.9 Å². The average Bonchev–Trinajstić information content (AvgIpc) is 3.24. The number of aromatic amines is 1. The Hall–Kier alpha value is -3.49. The Morgan fingerprint density at radius 1 is 1.03 bits per heavy atom. The van der Waals surface area contributed by atoms with Crippen LogP contribution < -0.4 is 10.9 Å². The van der Waals surface area contributed by atoms with Crippen molar-refractivity contribution in [3.8, 4) is 0 Å². The van der Waals surface area contributed by atoms with Crippen molar-refractivity contribution in [3.05, 3.63) is 76.2 Å². The molecule has 8 nitrogen and oxygen atoms in total. The number of nitrogens with zero attached hydrogens (tertiary/aromatic N) is 4. The van der Waals surface area contributed by atoms with Crippen molar-refractivity contribution in [1.29, 1.82) is 0 Å². The zero-order valence-electron chi connectivity index (χ0n) is 20.2. The summed E-state index contributed by atoms with van der Waals surface area (Å²) in [5.74, 6) is -0.196. The first kappa shape index (κ1) is 23.3. The molecule has 0 spiro atoms. The molecule has 0 atom stereocenters. The summed E-state index contributed by atoms with van der Waals surface area (Å²) in [4.78, 5) is 33.4. The van der Waals surface area contributed by atoms with E-state index in [1.807, 2.05) is 25.1 Å². The molecule has 4 aromatic rings. The molecule has 1 amide bonds. The smallest absolute Gasteiger partial charge is 0.291 e. The fraction of sp³-hybridized carbons (Fsp3) is 0.370. The Morgan fingerprint density at radius 3 is 2.60 bits per heavy atom. The highest BCUT2D eigenvalue weighted by Crippen LogP contribution is 2.23. The van der Waals surface area contributed by atoms with Crippen molar-refractivity contribution in [2.45, 2.75) is 26.4 Å². The molecule has 1 saturated heterocycles. The van der Waals surface area contributed by atoms with E-state index >= 15 is 0 Å². The maximum absolute atomic E-state index is 12.9. The number of H-pyrrole nitrogens is 1. The number of aromatic nitrogens is 3. The molecule has 2 aromatic carbocycles. The summed E-state index contributed by atoms with van der Waals surface area (Å²) in [7, 11) is 0. The predicted octanol–water partition coefficient (Wildman–Crippen LogP) is 2.51. The predicted molar refractivity (Wildman–Crippen MR) is 138 cm³/mol. The van der Waals surface area contributed by atoms with Crippen molar-refractivity contribution in [3.63, 3.8) is 0 Å². The fourth-order valence-electron chi connectivity index (χ4n) is 4.79. The van der Waals surface area contributed by atoms with E-state index in [1.165, 1.54) is 10.2 Å². The molecule has 1 aliphatic heterocycles. The van der Waals surface area contributed by atoms with Crippen LogP contribution in [-0.2, 0) is 17.9 Å². The van der Waals surface area contributed by atoms with Crippen LogP contribution in [0.15, 0.2) is 59.5 Å². The molecule has 1 fully saturated rings. The summed E-state index contributed by atoms with van der Waals surface area (Å²) in [6.45, 7) is 8.70. The highest BCUT2D eigenvalue weighted by molar-refractivity contribution is 6.06. The molecule has 182 valence electrons. The van der Waals surface area contributed by atoms with Gasteiger partial charge in [-0.15, -0.1) is 0 Å². The molecule has 2 N–H and O–H groups in total. The molecule has 1 aliphatic rings. The van der Waals surface area contributed by atoms with Gasteiger partial charge in [0.2, 0.25) is 5.91 Å². The second-order valence-corrected chi connectivity index (χ2v) is 9.38. The van der Waals surface area contributed by atoms with Crippen LogP contribution >= 0.6 is 0 Å². The van der Waals surface area contributed by atoms with Crippen molar-refractivity contribution < 1.29 is 4.79 Å². The molecule has 0 bridgehead atoms. The number of fused-ring (bicyclic) bond motifs is 3. The molecular weight excluding hydrogens is 440 g/mol. The van der Waals surface area contributed by atoms with Gasteiger partial charge in [0, 0.05) is 55.6 Å².